The number of nitrogens with one attached hydrogen (secondary N) is 1. The van der Waals surface area contributed by atoms with Crippen molar-refractivity contribution in [2.45, 2.75) is 0 Å². The molecule has 3 N–H and O–H groups in total. The van der Waals surface area contributed by atoms with Gasteiger partial charge in [-0.15, -0.1) is 0 Å². The summed E-state index contributed by atoms with van der Waals surface area (Å²) >= 11 is 0. The van der Waals surface area contributed by atoms with Crippen molar-refractivity contribution < 1.29 is 9.47 Å². The highest BCUT2D eigenvalue weighted by Gasteiger charge is 2.19. The number of hydrogen-bond donors (Lipinski definition) is 2. The van der Waals surface area contributed by atoms with E-state index < -0.39 is 0 Å². The topological polar surface area (TPSA) is 85.2 Å². The number of benzene rings is 3. The minimum atomic E-state index is 0.548. The fraction of sp³-hybridized carbons (Fsp3) is 0.0870. The van der Waals surface area contributed by atoms with Crippen LogP contribution in [-0.4, -0.2) is 18.8 Å². The van der Waals surface area contributed by atoms with E-state index in [0.717, 1.165) is 33.8 Å². The van der Waals surface area contributed by atoms with Crippen molar-refractivity contribution in [1.82, 2.24) is 4.57 Å². The summed E-state index contributed by atoms with van der Waals surface area (Å²) in [5.74, 6) is 2.19. The summed E-state index contributed by atoms with van der Waals surface area (Å²) in [6.45, 7) is 0. The molecular formula is C23H20N4O2. The maximum Gasteiger partial charge on any atom is 0.134 e. The molecule has 3 aromatic carbocycles. The molecule has 4 rings (SSSR count). The van der Waals surface area contributed by atoms with E-state index in [4.69, 9.17) is 15.2 Å². The molecular weight excluding hydrogens is 364 g/mol. The van der Waals surface area contributed by atoms with Gasteiger partial charge in [0.1, 0.15) is 28.9 Å². The van der Waals surface area contributed by atoms with E-state index in [1.807, 2.05) is 65.2 Å². The van der Waals surface area contributed by atoms with Gasteiger partial charge in [-0.25, -0.2) is 0 Å². The molecule has 0 saturated heterocycles. The molecule has 4 aromatic rings. The van der Waals surface area contributed by atoms with E-state index in [9.17, 15) is 5.26 Å². The number of methoxy groups -OCH3 is 2. The zero-order valence-electron chi connectivity index (χ0n) is 16.1. The van der Waals surface area contributed by atoms with Gasteiger partial charge in [0.2, 0.25) is 0 Å². The molecule has 1 aromatic heterocycles. The number of nitriles is 1. The lowest BCUT2D eigenvalue weighted by Crippen LogP contribution is -2.02. The molecule has 0 unspecified atom stereocenters. The number of ether oxygens (including phenoxy) is 2. The summed E-state index contributed by atoms with van der Waals surface area (Å²) in [6, 6.07) is 23.1. The second kappa shape index (κ2) is 7.49. The maximum atomic E-state index is 9.91. The number of fused-ring (bicyclic) bond motifs is 1. The number of nitrogens with two attached hydrogens (primary N) is 1. The van der Waals surface area contributed by atoms with Crippen LogP contribution < -0.4 is 20.5 Å². The molecule has 0 aliphatic rings. The third kappa shape index (κ3) is 3.30. The van der Waals surface area contributed by atoms with E-state index in [0.29, 0.717) is 17.1 Å². The van der Waals surface area contributed by atoms with Gasteiger partial charge in [-0.1, -0.05) is 0 Å². The summed E-state index contributed by atoms with van der Waals surface area (Å²) < 4.78 is 12.5. The van der Waals surface area contributed by atoms with E-state index >= 15 is 0 Å². The lowest BCUT2D eigenvalue weighted by molar-refractivity contribution is 0.414. The largest absolute Gasteiger partial charge is 0.497 e. The summed E-state index contributed by atoms with van der Waals surface area (Å²) in [6.07, 6.45) is 0. The number of nitrogens with zero attached hydrogens (tertiary/aromatic N) is 2. The highest BCUT2D eigenvalue weighted by molar-refractivity contribution is 5.96. The first-order valence-corrected chi connectivity index (χ1v) is 9.04. The van der Waals surface area contributed by atoms with Gasteiger partial charge in [-0.05, 0) is 66.7 Å². The van der Waals surface area contributed by atoms with Gasteiger partial charge in [0.05, 0.1) is 19.7 Å². The van der Waals surface area contributed by atoms with Crippen molar-refractivity contribution >= 4 is 28.1 Å². The Balaban J connectivity index is 1.93. The van der Waals surface area contributed by atoms with E-state index in [-0.39, 0.29) is 0 Å². The predicted molar refractivity (Wildman–Crippen MR) is 115 cm³/mol. The SMILES string of the molecule is COc1ccc(Nc2c(C#N)c3ccc(N)cc3n2-c2ccc(OC)cc2)cc1. The van der Waals surface area contributed by atoms with Crippen molar-refractivity contribution in [3.63, 3.8) is 0 Å². The predicted octanol–water partition coefficient (Wildman–Crippen LogP) is 4.85. The Morgan fingerprint density at radius 2 is 1.52 bits per heavy atom. The monoisotopic (exact) mass is 384 g/mol. The summed E-state index contributed by atoms with van der Waals surface area (Å²) in [5.41, 5.74) is 9.81. The van der Waals surface area contributed by atoms with Gasteiger partial charge in [0.15, 0.2) is 0 Å². The fourth-order valence-electron chi connectivity index (χ4n) is 3.35. The lowest BCUT2D eigenvalue weighted by atomic mass is 10.1. The Morgan fingerprint density at radius 1 is 0.897 bits per heavy atom. The summed E-state index contributed by atoms with van der Waals surface area (Å²) in [7, 11) is 3.26. The molecule has 0 spiro atoms. The first kappa shape index (κ1) is 18.3. The van der Waals surface area contributed by atoms with Gasteiger partial charge in [-0.3, -0.25) is 4.57 Å². The average Bonchev–Trinajstić information content (AvgIpc) is 3.06. The van der Waals surface area contributed by atoms with Crippen molar-refractivity contribution in [2.24, 2.45) is 0 Å². The Labute approximate surface area is 168 Å². The molecule has 0 radical (unpaired) electrons. The molecule has 0 aliphatic heterocycles. The van der Waals surface area contributed by atoms with Crippen molar-refractivity contribution in [1.29, 1.82) is 5.26 Å². The molecule has 6 nitrogen and oxygen atoms in total. The van der Waals surface area contributed by atoms with Gasteiger partial charge >= 0.3 is 0 Å². The molecule has 0 fully saturated rings. The van der Waals surface area contributed by atoms with Crippen molar-refractivity contribution in [3.05, 3.63) is 72.3 Å². The van der Waals surface area contributed by atoms with E-state index in [1.54, 1.807) is 20.3 Å². The molecule has 0 amide bonds. The van der Waals surface area contributed by atoms with Crippen LogP contribution >= 0.6 is 0 Å². The smallest absolute Gasteiger partial charge is 0.134 e. The second-order valence-electron chi connectivity index (χ2n) is 6.50. The Bertz CT molecular complexity index is 1200. The molecule has 6 heteroatoms. The van der Waals surface area contributed by atoms with Crippen LogP contribution in [0.15, 0.2) is 66.7 Å². The Hall–Kier alpha value is -4.11. The Kier molecular flexibility index (Phi) is 4.71. The first-order chi connectivity index (χ1) is 14.1. The third-order valence-corrected chi connectivity index (χ3v) is 4.79. The van der Waals surface area contributed by atoms with E-state index in [1.165, 1.54) is 0 Å². The van der Waals surface area contributed by atoms with Crippen LogP contribution in [0.3, 0.4) is 0 Å². The Morgan fingerprint density at radius 3 is 2.10 bits per heavy atom. The van der Waals surface area contributed by atoms with Gasteiger partial charge in [-0.2, -0.15) is 5.26 Å². The minimum Gasteiger partial charge on any atom is -0.497 e. The molecule has 0 aliphatic carbocycles. The molecule has 0 saturated carbocycles. The highest BCUT2D eigenvalue weighted by atomic mass is 16.5. The van der Waals surface area contributed by atoms with Crippen LogP contribution in [0.4, 0.5) is 17.2 Å². The molecule has 0 atom stereocenters. The number of rotatable bonds is 5. The number of anilines is 3. The van der Waals surface area contributed by atoms with Crippen molar-refractivity contribution in [3.8, 4) is 23.3 Å². The van der Waals surface area contributed by atoms with Gasteiger partial charge < -0.3 is 20.5 Å². The molecule has 29 heavy (non-hydrogen) atoms. The van der Waals surface area contributed by atoms with Crippen LogP contribution in [0.1, 0.15) is 5.56 Å². The molecule has 0 bridgehead atoms. The van der Waals surface area contributed by atoms with Crippen LogP contribution in [-0.2, 0) is 0 Å². The molecule has 1 heterocycles. The fourth-order valence-corrected chi connectivity index (χ4v) is 3.35. The zero-order valence-corrected chi connectivity index (χ0v) is 16.1. The van der Waals surface area contributed by atoms with Gasteiger partial charge in [0.25, 0.3) is 0 Å². The van der Waals surface area contributed by atoms with Crippen LogP contribution in [0, 0.1) is 11.3 Å². The quantitative estimate of drug-likeness (QED) is 0.481. The number of aromatic nitrogens is 1. The van der Waals surface area contributed by atoms with Crippen LogP contribution in [0.25, 0.3) is 16.6 Å². The minimum absolute atomic E-state index is 0.548. The lowest BCUT2D eigenvalue weighted by Gasteiger charge is -2.14. The van der Waals surface area contributed by atoms with Gasteiger partial charge in [0, 0.05) is 22.4 Å². The zero-order chi connectivity index (χ0) is 20.4. The molecule has 144 valence electrons. The maximum absolute atomic E-state index is 9.91. The highest BCUT2D eigenvalue weighted by Crippen LogP contribution is 2.36. The first-order valence-electron chi connectivity index (χ1n) is 9.04. The van der Waals surface area contributed by atoms with Crippen LogP contribution in [0.2, 0.25) is 0 Å². The second-order valence-corrected chi connectivity index (χ2v) is 6.50. The van der Waals surface area contributed by atoms with Crippen LogP contribution in [0.5, 0.6) is 11.5 Å². The van der Waals surface area contributed by atoms with Crippen molar-refractivity contribution in [2.75, 3.05) is 25.3 Å². The average molecular weight is 384 g/mol. The number of hydrogen-bond acceptors (Lipinski definition) is 5. The normalized spacial score (nSPS) is 10.5. The number of nitrogen functional groups attached to an aromatic ring is 1. The third-order valence-electron chi connectivity index (χ3n) is 4.79. The summed E-state index contributed by atoms with van der Waals surface area (Å²) in [4.78, 5) is 0. The standard InChI is InChI=1S/C23H20N4O2/c1-28-18-8-4-16(5-9-18)26-23-21(14-24)20-12-3-15(25)13-22(20)27(23)17-6-10-19(29-2)11-7-17/h3-13,26H,25H2,1-2H3. The van der Waals surface area contributed by atoms with E-state index in [2.05, 4.69) is 11.4 Å². The summed E-state index contributed by atoms with van der Waals surface area (Å²) in [5, 5.41) is 14.1.